The third kappa shape index (κ3) is 6.48. The lowest BCUT2D eigenvalue weighted by Crippen LogP contribution is -2.39. The third-order valence-electron chi connectivity index (χ3n) is 3.05. The fraction of sp³-hybridized carbons (Fsp3) is 0.500. The summed E-state index contributed by atoms with van der Waals surface area (Å²) in [4.78, 5) is 11.8. The van der Waals surface area contributed by atoms with Crippen molar-refractivity contribution in [2.24, 2.45) is 5.92 Å². The van der Waals surface area contributed by atoms with E-state index >= 15 is 0 Å². The number of aliphatic hydroxyl groups excluding tert-OH is 1. The molecular formula is C14H18F3NO3. The van der Waals surface area contributed by atoms with Crippen molar-refractivity contribution in [3.8, 4) is 5.75 Å². The van der Waals surface area contributed by atoms with Crippen LogP contribution in [-0.2, 0) is 11.2 Å². The van der Waals surface area contributed by atoms with Crippen LogP contribution in [0.3, 0.4) is 0 Å². The molecule has 0 aliphatic heterocycles. The second-order valence-electron chi connectivity index (χ2n) is 4.88. The Balaban J connectivity index is 2.54. The highest BCUT2D eigenvalue weighted by molar-refractivity contribution is 5.78. The first kappa shape index (κ1) is 17.3. The van der Waals surface area contributed by atoms with Crippen molar-refractivity contribution >= 4 is 5.91 Å². The van der Waals surface area contributed by atoms with E-state index in [4.69, 9.17) is 5.11 Å². The van der Waals surface area contributed by atoms with Crippen LogP contribution < -0.4 is 10.1 Å². The van der Waals surface area contributed by atoms with Crippen LogP contribution in [-0.4, -0.2) is 30.0 Å². The van der Waals surface area contributed by atoms with Crippen molar-refractivity contribution in [1.82, 2.24) is 5.32 Å². The van der Waals surface area contributed by atoms with E-state index in [0.29, 0.717) is 5.56 Å². The first-order valence-corrected chi connectivity index (χ1v) is 6.46. The van der Waals surface area contributed by atoms with Crippen LogP contribution in [0.15, 0.2) is 24.3 Å². The Labute approximate surface area is 120 Å². The van der Waals surface area contributed by atoms with Gasteiger partial charge >= 0.3 is 6.36 Å². The third-order valence-corrected chi connectivity index (χ3v) is 3.05. The van der Waals surface area contributed by atoms with Crippen molar-refractivity contribution in [2.75, 3.05) is 6.61 Å². The Morgan fingerprint density at radius 1 is 1.29 bits per heavy atom. The summed E-state index contributed by atoms with van der Waals surface area (Å²) in [5, 5.41) is 11.7. The van der Waals surface area contributed by atoms with E-state index in [9.17, 15) is 18.0 Å². The van der Waals surface area contributed by atoms with Gasteiger partial charge in [0.25, 0.3) is 0 Å². The number of hydrogen-bond donors (Lipinski definition) is 2. The maximum absolute atomic E-state index is 12.0. The predicted molar refractivity (Wildman–Crippen MR) is 70.7 cm³/mol. The first-order chi connectivity index (χ1) is 9.71. The lowest BCUT2D eigenvalue weighted by molar-refractivity contribution is -0.274. The molecule has 0 saturated heterocycles. The van der Waals surface area contributed by atoms with Gasteiger partial charge in [-0.3, -0.25) is 4.79 Å². The van der Waals surface area contributed by atoms with E-state index in [1.165, 1.54) is 12.1 Å². The van der Waals surface area contributed by atoms with E-state index in [0.717, 1.165) is 12.1 Å². The molecule has 0 spiro atoms. The van der Waals surface area contributed by atoms with Crippen molar-refractivity contribution in [1.29, 1.82) is 0 Å². The zero-order chi connectivity index (χ0) is 16.0. The second kappa shape index (κ2) is 7.31. The van der Waals surface area contributed by atoms with Gasteiger partial charge in [-0.25, -0.2) is 0 Å². The summed E-state index contributed by atoms with van der Waals surface area (Å²) >= 11 is 0. The van der Waals surface area contributed by atoms with Crippen LogP contribution >= 0.6 is 0 Å². The summed E-state index contributed by atoms with van der Waals surface area (Å²) in [5.74, 6) is -0.655. The molecule has 2 atom stereocenters. The molecule has 0 bridgehead atoms. The fourth-order valence-corrected chi connectivity index (χ4v) is 1.60. The Hall–Kier alpha value is -1.76. The molecule has 4 nitrogen and oxygen atoms in total. The minimum absolute atomic E-state index is 0.0368. The summed E-state index contributed by atoms with van der Waals surface area (Å²) in [6.45, 7) is 3.54. The van der Waals surface area contributed by atoms with Crippen LogP contribution in [0.2, 0.25) is 0 Å². The number of halogens is 3. The summed E-state index contributed by atoms with van der Waals surface area (Å²) in [5.41, 5.74) is 0.575. The van der Waals surface area contributed by atoms with E-state index in [-0.39, 0.29) is 36.6 Å². The molecule has 1 rings (SSSR count). The molecule has 0 saturated carbocycles. The molecule has 21 heavy (non-hydrogen) atoms. The van der Waals surface area contributed by atoms with Gasteiger partial charge in [0.2, 0.25) is 5.91 Å². The normalized spacial score (nSPS) is 14.4. The van der Waals surface area contributed by atoms with E-state index in [2.05, 4.69) is 10.1 Å². The number of alkyl halides is 3. The summed E-state index contributed by atoms with van der Waals surface area (Å²) in [6, 6.07) is 4.95. The second-order valence-corrected chi connectivity index (χ2v) is 4.88. The number of hydrogen-bond acceptors (Lipinski definition) is 3. The van der Waals surface area contributed by atoms with Gasteiger partial charge in [0, 0.05) is 12.6 Å². The van der Waals surface area contributed by atoms with Crippen LogP contribution in [0.5, 0.6) is 5.75 Å². The van der Waals surface area contributed by atoms with E-state index in [1.54, 1.807) is 13.8 Å². The highest BCUT2D eigenvalue weighted by Crippen LogP contribution is 2.22. The summed E-state index contributed by atoms with van der Waals surface area (Å²) in [6.07, 6.45) is -4.68. The van der Waals surface area contributed by atoms with E-state index < -0.39 is 6.36 Å². The maximum atomic E-state index is 12.0. The molecule has 0 radical (unpaired) electrons. The van der Waals surface area contributed by atoms with Gasteiger partial charge in [-0.15, -0.1) is 13.2 Å². The molecule has 0 fully saturated rings. The van der Waals surface area contributed by atoms with Crippen molar-refractivity contribution < 1.29 is 27.8 Å². The Morgan fingerprint density at radius 3 is 2.33 bits per heavy atom. The number of carbonyl (C=O) groups is 1. The highest BCUT2D eigenvalue weighted by atomic mass is 19.4. The largest absolute Gasteiger partial charge is 0.573 e. The Kier molecular flexibility index (Phi) is 6.02. The number of rotatable bonds is 6. The zero-order valence-corrected chi connectivity index (χ0v) is 11.8. The average Bonchev–Trinajstić information content (AvgIpc) is 2.38. The van der Waals surface area contributed by atoms with Crippen molar-refractivity contribution in [3.05, 3.63) is 29.8 Å². The molecule has 1 aromatic carbocycles. The van der Waals surface area contributed by atoms with Crippen LogP contribution in [0, 0.1) is 5.92 Å². The molecule has 2 N–H and O–H groups in total. The smallest absolute Gasteiger partial charge is 0.406 e. The zero-order valence-electron chi connectivity index (χ0n) is 11.8. The number of nitrogens with one attached hydrogen (secondary N) is 1. The van der Waals surface area contributed by atoms with Crippen LogP contribution in [0.1, 0.15) is 19.4 Å². The molecule has 1 aromatic rings. The van der Waals surface area contributed by atoms with Gasteiger partial charge in [-0.05, 0) is 30.5 Å². The highest BCUT2D eigenvalue weighted by Gasteiger charge is 2.30. The van der Waals surface area contributed by atoms with Crippen molar-refractivity contribution in [2.45, 2.75) is 32.7 Å². The lowest BCUT2D eigenvalue weighted by Gasteiger charge is -2.19. The summed E-state index contributed by atoms with van der Waals surface area (Å²) in [7, 11) is 0. The Morgan fingerprint density at radius 2 is 1.86 bits per heavy atom. The van der Waals surface area contributed by atoms with Gasteiger partial charge in [0.1, 0.15) is 5.75 Å². The van der Waals surface area contributed by atoms with Gasteiger partial charge < -0.3 is 15.2 Å². The minimum Gasteiger partial charge on any atom is -0.406 e. The van der Waals surface area contributed by atoms with E-state index in [1.807, 2.05) is 0 Å². The number of carbonyl (C=O) groups excluding carboxylic acids is 1. The predicted octanol–water partition coefficient (Wildman–Crippen LogP) is 2.26. The number of aliphatic hydroxyl groups is 1. The molecule has 2 unspecified atom stereocenters. The molecule has 1 amide bonds. The van der Waals surface area contributed by atoms with Crippen molar-refractivity contribution in [3.63, 3.8) is 0 Å². The standard InChI is InChI=1S/C14H18F3NO3/c1-9(8-19)10(2)18-13(20)7-11-3-5-12(6-4-11)21-14(15,16)17/h3-6,9-10,19H,7-8H2,1-2H3,(H,18,20). The fourth-order valence-electron chi connectivity index (χ4n) is 1.60. The molecular weight excluding hydrogens is 287 g/mol. The van der Waals surface area contributed by atoms with Gasteiger partial charge in [0.05, 0.1) is 6.42 Å². The number of amides is 1. The monoisotopic (exact) mass is 305 g/mol. The molecule has 0 aliphatic carbocycles. The quantitative estimate of drug-likeness (QED) is 0.847. The van der Waals surface area contributed by atoms with Crippen LogP contribution in [0.25, 0.3) is 0 Å². The SMILES string of the molecule is CC(CO)C(C)NC(=O)Cc1ccc(OC(F)(F)F)cc1. The van der Waals surface area contributed by atoms with Gasteiger partial charge in [0.15, 0.2) is 0 Å². The van der Waals surface area contributed by atoms with Gasteiger partial charge in [-0.1, -0.05) is 19.1 Å². The minimum atomic E-state index is -4.73. The Bertz CT molecular complexity index is 460. The first-order valence-electron chi connectivity index (χ1n) is 6.46. The maximum Gasteiger partial charge on any atom is 0.573 e. The molecule has 118 valence electrons. The molecule has 0 aromatic heterocycles. The molecule has 0 heterocycles. The lowest BCUT2D eigenvalue weighted by atomic mass is 10.0. The average molecular weight is 305 g/mol. The van der Waals surface area contributed by atoms with Gasteiger partial charge in [-0.2, -0.15) is 0 Å². The topological polar surface area (TPSA) is 58.6 Å². The molecule has 7 heteroatoms. The number of benzene rings is 1. The summed E-state index contributed by atoms with van der Waals surface area (Å²) < 4.78 is 39.7. The van der Waals surface area contributed by atoms with Crippen LogP contribution in [0.4, 0.5) is 13.2 Å². The number of ether oxygens (including phenoxy) is 1. The molecule has 0 aliphatic rings.